The van der Waals surface area contributed by atoms with Crippen LogP contribution in [0, 0.1) is 0 Å². The van der Waals surface area contributed by atoms with E-state index in [1.807, 2.05) is 0 Å². The van der Waals surface area contributed by atoms with Crippen LogP contribution in [0.2, 0.25) is 0 Å². The van der Waals surface area contributed by atoms with E-state index in [1.54, 1.807) is 5.32 Å². The highest BCUT2D eigenvalue weighted by molar-refractivity contribution is 9.09. The van der Waals surface area contributed by atoms with E-state index < -0.39 is 66.0 Å². The highest BCUT2D eigenvalue weighted by Crippen LogP contribution is 2.30. The van der Waals surface area contributed by atoms with Gasteiger partial charge in [-0.3, -0.25) is 19.2 Å². The zero-order valence-corrected chi connectivity index (χ0v) is 16.0. The second-order valence-electron chi connectivity index (χ2n) is 5.47. The Bertz CT molecular complexity index is 599. The fourth-order valence-electron chi connectivity index (χ4n) is 2.28. The summed E-state index contributed by atoms with van der Waals surface area (Å²) >= 11 is 2.94. The number of ether oxygens (including phenoxy) is 4. The monoisotopic (exact) mass is 463 g/mol. The molecule has 0 spiro atoms. The number of amides is 1. The maximum atomic E-state index is 12.6. The molecule has 1 aliphatic heterocycles. The fourth-order valence-corrected chi connectivity index (χ4v) is 2.99. The van der Waals surface area contributed by atoms with Crippen molar-refractivity contribution in [3.05, 3.63) is 0 Å². The Hall–Kier alpha value is -1.89. The minimum atomic E-state index is -5.21. The molecule has 1 saturated heterocycles. The van der Waals surface area contributed by atoms with Crippen molar-refractivity contribution in [2.75, 3.05) is 6.61 Å². The number of rotatable bonds is 5. The molecule has 0 aliphatic carbocycles. The second kappa shape index (κ2) is 9.35. The number of halogens is 4. The van der Waals surface area contributed by atoms with Crippen LogP contribution in [0.5, 0.6) is 0 Å². The smallest absolute Gasteiger partial charge is 0.463 e. The summed E-state index contributed by atoms with van der Waals surface area (Å²) in [5, 5.41) is 0.363. The van der Waals surface area contributed by atoms with Gasteiger partial charge in [-0.05, 0) is 0 Å². The third-order valence-corrected chi connectivity index (χ3v) is 4.03. The zero-order chi connectivity index (χ0) is 20.9. The number of nitrogens with one attached hydrogen (secondary N) is 1. The standard InChI is InChI=1S/C14H17BrF3NO8/c1-5(20)24-4-8-10(25-6(2)21)11(26-7(3)22)9(12(15)27-8)19-13(23)14(16,17)18/h8-12H,4H2,1-3H3,(H,19,23)/t8-,9-,10+,11-,12+/m1/s1. The van der Waals surface area contributed by atoms with Crippen LogP contribution in [0.3, 0.4) is 0 Å². The number of alkyl halides is 4. The third-order valence-electron chi connectivity index (χ3n) is 3.24. The molecule has 0 aromatic carbocycles. The first-order valence-electron chi connectivity index (χ1n) is 7.48. The van der Waals surface area contributed by atoms with Crippen LogP contribution in [0.15, 0.2) is 0 Å². The van der Waals surface area contributed by atoms with Gasteiger partial charge in [-0.25, -0.2) is 0 Å². The minimum absolute atomic E-state index is 0.437. The molecule has 1 rings (SSSR count). The van der Waals surface area contributed by atoms with Crippen LogP contribution in [0.1, 0.15) is 20.8 Å². The van der Waals surface area contributed by atoms with Gasteiger partial charge < -0.3 is 24.3 Å². The van der Waals surface area contributed by atoms with Crippen molar-refractivity contribution >= 4 is 39.7 Å². The molecule has 1 heterocycles. The Morgan fingerprint density at radius 3 is 1.96 bits per heavy atom. The lowest BCUT2D eigenvalue weighted by atomic mass is 9.97. The molecule has 1 aliphatic rings. The normalized spacial score (nSPS) is 28.0. The first-order valence-corrected chi connectivity index (χ1v) is 8.39. The molecule has 0 radical (unpaired) electrons. The number of hydrogen-bond donors (Lipinski definition) is 1. The van der Waals surface area contributed by atoms with Crippen molar-refractivity contribution in [3.63, 3.8) is 0 Å². The molecular weight excluding hydrogens is 447 g/mol. The Labute approximate surface area is 159 Å². The molecule has 27 heavy (non-hydrogen) atoms. The lowest BCUT2D eigenvalue weighted by Crippen LogP contribution is -2.65. The van der Waals surface area contributed by atoms with Crippen molar-refractivity contribution < 1.29 is 51.3 Å². The summed E-state index contributed by atoms with van der Waals surface area (Å²) in [5.74, 6) is -4.76. The van der Waals surface area contributed by atoms with E-state index in [0.717, 1.165) is 20.8 Å². The molecule has 13 heteroatoms. The maximum absolute atomic E-state index is 12.6. The van der Waals surface area contributed by atoms with E-state index >= 15 is 0 Å². The van der Waals surface area contributed by atoms with E-state index in [-0.39, 0.29) is 0 Å². The molecule has 0 aromatic rings. The van der Waals surface area contributed by atoms with E-state index in [0.29, 0.717) is 0 Å². The number of esters is 3. The van der Waals surface area contributed by atoms with Gasteiger partial charge in [-0.15, -0.1) is 0 Å². The Morgan fingerprint density at radius 2 is 1.52 bits per heavy atom. The van der Waals surface area contributed by atoms with Gasteiger partial charge in [-0.2, -0.15) is 13.2 Å². The second-order valence-corrected chi connectivity index (χ2v) is 6.38. The lowest BCUT2D eigenvalue weighted by molar-refractivity contribution is -0.214. The van der Waals surface area contributed by atoms with Gasteiger partial charge in [0.15, 0.2) is 12.2 Å². The SMILES string of the molecule is CC(=O)OC[C@H]1O[C@H](Br)[C@H](NC(=O)C(F)(F)F)[C@@H](OC(C)=O)[C@H]1OC(C)=O. The Morgan fingerprint density at radius 1 is 1.00 bits per heavy atom. The maximum Gasteiger partial charge on any atom is 0.471 e. The quantitative estimate of drug-likeness (QED) is 0.357. The molecule has 0 unspecified atom stereocenters. The molecule has 9 nitrogen and oxygen atoms in total. The highest BCUT2D eigenvalue weighted by atomic mass is 79.9. The van der Waals surface area contributed by atoms with E-state index in [2.05, 4.69) is 15.9 Å². The van der Waals surface area contributed by atoms with E-state index in [9.17, 15) is 32.3 Å². The molecule has 5 atom stereocenters. The van der Waals surface area contributed by atoms with Gasteiger partial charge in [0.2, 0.25) is 0 Å². The largest absolute Gasteiger partial charge is 0.471 e. The summed E-state index contributed by atoms with van der Waals surface area (Å²) < 4.78 is 57.9. The molecule has 0 aromatic heterocycles. The van der Waals surface area contributed by atoms with Crippen LogP contribution in [0.25, 0.3) is 0 Å². The van der Waals surface area contributed by atoms with Gasteiger partial charge in [0.25, 0.3) is 0 Å². The van der Waals surface area contributed by atoms with Crippen molar-refractivity contribution in [2.24, 2.45) is 0 Å². The predicted molar refractivity (Wildman–Crippen MR) is 83.3 cm³/mol. The summed E-state index contributed by atoms with van der Waals surface area (Å²) in [6, 6.07) is -1.55. The average molecular weight is 464 g/mol. The van der Waals surface area contributed by atoms with E-state index in [1.165, 1.54) is 0 Å². The fraction of sp³-hybridized carbons (Fsp3) is 0.714. The summed E-state index contributed by atoms with van der Waals surface area (Å²) in [4.78, 5) is 45.1. The summed E-state index contributed by atoms with van der Waals surface area (Å²) in [6.45, 7) is 2.66. The molecule has 0 bridgehead atoms. The van der Waals surface area contributed by atoms with Crippen LogP contribution >= 0.6 is 15.9 Å². The highest BCUT2D eigenvalue weighted by Gasteiger charge is 2.52. The van der Waals surface area contributed by atoms with Crippen LogP contribution in [-0.2, 0) is 38.1 Å². The third kappa shape index (κ3) is 6.97. The summed E-state index contributed by atoms with van der Waals surface area (Å²) in [6.07, 6.45) is -9.38. The van der Waals surface area contributed by atoms with Crippen LogP contribution in [0.4, 0.5) is 13.2 Å². The molecule has 1 amide bonds. The van der Waals surface area contributed by atoms with E-state index in [4.69, 9.17) is 18.9 Å². The Balaban J connectivity index is 3.18. The Kier molecular flexibility index (Phi) is 8.02. The van der Waals surface area contributed by atoms with Gasteiger partial charge >= 0.3 is 30.0 Å². The summed E-state index contributed by atoms with van der Waals surface area (Å²) in [5.41, 5.74) is 0. The van der Waals surface area contributed by atoms with Crippen molar-refractivity contribution in [2.45, 2.75) is 56.3 Å². The molecular formula is C14H17BrF3NO8. The molecule has 1 fully saturated rings. The van der Waals surface area contributed by atoms with Gasteiger partial charge in [0.05, 0.1) is 0 Å². The molecule has 0 saturated carbocycles. The average Bonchev–Trinajstić information content (AvgIpc) is 2.49. The van der Waals surface area contributed by atoms with Gasteiger partial charge in [0.1, 0.15) is 23.8 Å². The number of carbonyl (C=O) groups is 4. The van der Waals surface area contributed by atoms with Gasteiger partial charge in [0, 0.05) is 20.8 Å². The van der Waals surface area contributed by atoms with Crippen molar-refractivity contribution in [1.29, 1.82) is 0 Å². The number of hydrogen-bond acceptors (Lipinski definition) is 8. The van der Waals surface area contributed by atoms with Crippen LogP contribution in [-0.4, -0.2) is 66.0 Å². The molecule has 154 valence electrons. The van der Waals surface area contributed by atoms with Crippen molar-refractivity contribution in [3.8, 4) is 0 Å². The van der Waals surface area contributed by atoms with Gasteiger partial charge in [-0.1, -0.05) is 15.9 Å². The van der Waals surface area contributed by atoms with Crippen LogP contribution < -0.4 is 5.32 Å². The summed E-state index contributed by atoms with van der Waals surface area (Å²) in [7, 11) is 0. The zero-order valence-electron chi connectivity index (χ0n) is 14.4. The predicted octanol–water partition coefficient (Wildman–Crippen LogP) is 0.580. The number of carbonyl (C=O) groups excluding carboxylic acids is 4. The first kappa shape index (κ1) is 23.1. The minimum Gasteiger partial charge on any atom is -0.463 e. The lowest BCUT2D eigenvalue weighted by Gasteiger charge is -2.43. The first-order chi connectivity index (χ1) is 12.3. The van der Waals surface area contributed by atoms with Crippen molar-refractivity contribution in [1.82, 2.24) is 5.32 Å². The topological polar surface area (TPSA) is 117 Å². The molecule has 1 N–H and O–H groups in total.